The normalized spacial score (nSPS) is 12.3. The summed E-state index contributed by atoms with van der Waals surface area (Å²) in [4.78, 5) is 11.4. The standard InChI is InChI=1S/C12H16F2N2O2/c1-7(2)11(17)6-15-12(18)16-10-4-3-8(13)5-9(10)14/h3-5,7,11,17H,6H2,1-2H3,(H2,15,16,18). The van der Waals surface area contributed by atoms with Gasteiger partial charge < -0.3 is 15.7 Å². The van der Waals surface area contributed by atoms with Gasteiger partial charge in [0.2, 0.25) is 0 Å². The van der Waals surface area contributed by atoms with Crippen molar-refractivity contribution in [2.24, 2.45) is 5.92 Å². The Labute approximate surface area is 104 Å². The highest BCUT2D eigenvalue weighted by atomic mass is 19.1. The number of anilines is 1. The van der Waals surface area contributed by atoms with Crippen LogP contribution in [-0.2, 0) is 0 Å². The lowest BCUT2D eigenvalue weighted by atomic mass is 10.1. The third-order valence-electron chi connectivity index (χ3n) is 2.42. The van der Waals surface area contributed by atoms with E-state index in [0.29, 0.717) is 6.07 Å². The number of aliphatic hydroxyl groups excluding tert-OH is 1. The number of urea groups is 1. The summed E-state index contributed by atoms with van der Waals surface area (Å²) < 4.78 is 25.8. The van der Waals surface area contributed by atoms with E-state index >= 15 is 0 Å². The number of rotatable bonds is 4. The third-order valence-corrected chi connectivity index (χ3v) is 2.42. The van der Waals surface area contributed by atoms with Crippen LogP contribution < -0.4 is 10.6 Å². The minimum absolute atomic E-state index is 0.00728. The Hall–Kier alpha value is -1.69. The average Bonchev–Trinajstić information content (AvgIpc) is 2.29. The van der Waals surface area contributed by atoms with E-state index in [1.807, 2.05) is 13.8 Å². The van der Waals surface area contributed by atoms with E-state index in [4.69, 9.17) is 0 Å². The molecule has 0 aliphatic carbocycles. The lowest BCUT2D eigenvalue weighted by Crippen LogP contribution is -2.37. The van der Waals surface area contributed by atoms with Gasteiger partial charge in [0, 0.05) is 12.6 Å². The summed E-state index contributed by atoms with van der Waals surface area (Å²) in [5.74, 6) is -1.56. The molecular formula is C12H16F2N2O2. The van der Waals surface area contributed by atoms with Gasteiger partial charge in [0.1, 0.15) is 11.6 Å². The molecule has 3 N–H and O–H groups in total. The maximum absolute atomic E-state index is 13.2. The molecule has 0 heterocycles. The first-order chi connectivity index (χ1) is 8.40. The molecule has 18 heavy (non-hydrogen) atoms. The van der Waals surface area contributed by atoms with Gasteiger partial charge in [0.05, 0.1) is 11.8 Å². The lowest BCUT2D eigenvalue weighted by Gasteiger charge is -2.15. The molecule has 0 aliphatic rings. The summed E-state index contributed by atoms with van der Waals surface area (Å²) in [7, 11) is 0. The Morgan fingerprint density at radius 3 is 2.61 bits per heavy atom. The fourth-order valence-electron chi connectivity index (χ4n) is 1.19. The smallest absolute Gasteiger partial charge is 0.319 e. The van der Waals surface area contributed by atoms with Crippen LogP contribution >= 0.6 is 0 Å². The number of carbonyl (C=O) groups is 1. The van der Waals surface area contributed by atoms with Crippen molar-refractivity contribution in [2.75, 3.05) is 11.9 Å². The second-order valence-corrected chi connectivity index (χ2v) is 4.27. The van der Waals surface area contributed by atoms with Gasteiger partial charge in [-0.05, 0) is 18.1 Å². The van der Waals surface area contributed by atoms with Gasteiger partial charge in [-0.25, -0.2) is 13.6 Å². The zero-order valence-electron chi connectivity index (χ0n) is 10.2. The second-order valence-electron chi connectivity index (χ2n) is 4.27. The molecule has 1 aromatic carbocycles. The van der Waals surface area contributed by atoms with Crippen LogP contribution in [0.1, 0.15) is 13.8 Å². The molecule has 1 unspecified atom stereocenters. The second kappa shape index (κ2) is 6.30. The molecule has 6 heteroatoms. The molecule has 1 aromatic rings. The number of halogens is 2. The first-order valence-corrected chi connectivity index (χ1v) is 5.58. The summed E-state index contributed by atoms with van der Waals surface area (Å²) in [6, 6.07) is 2.20. The quantitative estimate of drug-likeness (QED) is 0.774. The molecule has 0 saturated heterocycles. The minimum atomic E-state index is -0.852. The van der Waals surface area contributed by atoms with Crippen molar-refractivity contribution in [2.45, 2.75) is 20.0 Å². The van der Waals surface area contributed by atoms with Gasteiger partial charge in [0.15, 0.2) is 0 Å². The van der Waals surface area contributed by atoms with E-state index in [-0.39, 0.29) is 18.2 Å². The molecule has 0 spiro atoms. The number of hydrogen-bond donors (Lipinski definition) is 3. The van der Waals surface area contributed by atoms with Crippen molar-refractivity contribution in [1.29, 1.82) is 0 Å². The molecular weight excluding hydrogens is 242 g/mol. The van der Waals surface area contributed by atoms with Gasteiger partial charge in [-0.1, -0.05) is 13.8 Å². The predicted molar refractivity (Wildman–Crippen MR) is 64.2 cm³/mol. The summed E-state index contributed by atoms with van der Waals surface area (Å²) >= 11 is 0. The Morgan fingerprint density at radius 2 is 2.06 bits per heavy atom. The number of carbonyl (C=O) groups excluding carboxylic acids is 1. The number of amides is 2. The van der Waals surface area contributed by atoms with Crippen molar-refractivity contribution < 1.29 is 18.7 Å². The fourth-order valence-corrected chi connectivity index (χ4v) is 1.19. The molecule has 2 amide bonds. The van der Waals surface area contributed by atoms with Crippen LogP contribution in [0.4, 0.5) is 19.3 Å². The van der Waals surface area contributed by atoms with Crippen LogP contribution in [0, 0.1) is 17.6 Å². The Morgan fingerprint density at radius 1 is 1.39 bits per heavy atom. The van der Waals surface area contributed by atoms with Crippen LogP contribution in [0.5, 0.6) is 0 Å². The van der Waals surface area contributed by atoms with E-state index in [1.54, 1.807) is 0 Å². The minimum Gasteiger partial charge on any atom is -0.391 e. The number of nitrogens with one attached hydrogen (secondary N) is 2. The van der Waals surface area contributed by atoms with Crippen LogP contribution in [0.3, 0.4) is 0 Å². The number of benzene rings is 1. The number of aliphatic hydroxyl groups is 1. The summed E-state index contributed by atoms with van der Waals surface area (Å²) in [5.41, 5.74) is -0.118. The predicted octanol–water partition coefficient (Wildman–Crippen LogP) is 2.10. The molecule has 0 saturated carbocycles. The maximum Gasteiger partial charge on any atom is 0.319 e. The van der Waals surface area contributed by atoms with E-state index in [9.17, 15) is 18.7 Å². The van der Waals surface area contributed by atoms with Crippen LogP contribution in [-0.4, -0.2) is 23.8 Å². The Bertz CT molecular complexity index is 425. The first kappa shape index (κ1) is 14.4. The molecule has 0 aromatic heterocycles. The van der Waals surface area contributed by atoms with E-state index < -0.39 is 23.8 Å². The van der Waals surface area contributed by atoms with Crippen LogP contribution in [0.2, 0.25) is 0 Å². The van der Waals surface area contributed by atoms with Crippen molar-refractivity contribution in [3.05, 3.63) is 29.8 Å². The van der Waals surface area contributed by atoms with Gasteiger partial charge in [-0.3, -0.25) is 0 Å². The monoisotopic (exact) mass is 258 g/mol. The highest BCUT2D eigenvalue weighted by molar-refractivity contribution is 5.89. The fraction of sp³-hybridized carbons (Fsp3) is 0.417. The number of hydrogen-bond acceptors (Lipinski definition) is 2. The van der Waals surface area contributed by atoms with Crippen molar-refractivity contribution >= 4 is 11.7 Å². The van der Waals surface area contributed by atoms with Gasteiger partial charge >= 0.3 is 6.03 Å². The van der Waals surface area contributed by atoms with E-state index in [2.05, 4.69) is 10.6 Å². The van der Waals surface area contributed by atoms with Gasteiger partial charge in [-0.2, -0.15) is 0 Å². The van der Waals surface area contributed by atoms with Crippen molar-refractivity contribution in [3.63, 3.8) is 0 Å². The van der Waals surface area contributed by atoms with Crippen LogP contribution in [0.15, 0.2) is 18.2 Å². The molecule has 0 bridgehead atoms. The Balaban J connectivity index is 2.50. The molecule has 1 rings (SSSR count). The Kier molecular flexibility index (Phi) is 5.03. The largest absolute Gasteiger partial charge is 0.391 e. The van der Waals surface area contributed by atoms with Crippen molar-refractivity contribution in [1.82, 2.24) is 5.32 Å². The van der Waals surface area contributed by atoms with Crippen molar-refractivity contribution in [3.8, 4) is 0 Å². The summed E-state index contributed by atoms with van der Waals surface area (Å²) in [5, 5.41) is 14.1. The van der Waals surface area contributed by atoms with E-state index in [1.165, 1.54) is 0 Å². The molecule has 1 atom stereocenters. The van der Waals surface area contributed by atoms with Gasteiger partial charge in [-0.15, -0.1) is 0 Å². The molecule has 0 aliphatic heterocycles. The molecule has 4 nitrogen and oxygen atoms in total. The SMILES string of the molecule is CC(C)C(O)CNC(=O)Nc1ccc(F)cc1F. The topological polar surface area (TPSA) is 61.4 Å². The maximum atomic E-state index is 13.2. The lowest BCUT2D eigenvalue weighted by molar-refractivity contribution is 0.126. The summed E-state index contributed by atoms with van der Waals surface area (Å²) in [6.45, 7) is 3.68. The van der Waals surface area contributed by atoms with E-state index in [0.717, 1.165) is 12.1 Å². The van der Waals surface area contributed by atoms with Gasteiger partial charge in [0.25, 0.3) is 0 Å². The van der Waals surface area contributed by atoms with Crippen LogP contribution in [0.25, 0.3) is 0 Å². The molecule has 0 radical (unpaired) electrons. The highest BCUT2D eigenvalue weighted by Gasteiger charge is 2.12. The summed E-state index contributed by atoms with van der Waals surface area (Å²) in [6.07, 6.45) is -0.672. The molecule has 0 fully saturated rings. The third kappa shape index (κ3) is 4.29. The molecule has 100 valence electrons. The zero-order chi connectivity index (χ0) is 13.7. The highest BCUT2D eigenvalue weighted by Crippen LogP contribution is 2.14. The zero-order valence-corrected chi connectivity index (χ0v) is 10.2. The average molecular weight is 258 g/mol. The first-order valence-electron chi connectivity index (χ1n) is 5.58.